The van der Waals surface area contributed by atoms with Crippen LogP contribution in [0.3, 0.4) is 0 Å². The second-order valence-electron chi connectivity index (χ2n) is 4.34. The molecule has 17 heavy (non-hydrogen) atoms. The van der Waals surface area contributed by atoms with Crippen molar-refractivity contribution < 1.29 is 8.42 Å². The van der Waals surface area contributed by atoms with Crippen molar-refractivity contribution in [3.63, 3.8) is 0 Å². The standard InChI is InChI=1S/C12H20N2O2S/c1-10-5-4-6-11(9-13)12(10)14(2)7-8-17(3,15)16/h4-6H,7-9,13H2,1-3H3. The maximum absolute atomic E-state index is 11.2. The fourth-order valence-corrected chi connectivity index (χ4v) is 2.45. The molecule has 0 heterocycles. The van der Waals surface area contributed by atoms with Crippen molar-refractivity contribution in [2.24, 2.45) is 5.73 Å². The fraction of sp³-hybridized carbons (Fsp3) is 0.500. The summed E-state index contributed by atoms with van der Waals surface area (Å²) in [4.78, 5) is 1.96. The molecule has 5 heteroatoms. The first-order valence-corrected chi connectivity index (χ1v) is 7.58. The average molecular weight is 256 g/mol. The molecule has 4 nitrogen and oxygen atoms in total. The van der Waals surface area contributed by atoms with Crippen molar-refractivity contribution in [1.29, 1.82) is 0 Å². The third-order valence-corrected chi connectivity index (χ3v) is 3.64. The van der Waals surface area contributed by atoms with Gasteiger partial charge in [0, 0.05) is 32.1 Å². The summed E-state index contributed by atoms with van der Waals surface area (Å²) in [6.45, 7) is 2.95. The van der Waals surface area contributed by atoms with Crippen LogP contribution in [0.4, 0.5) is 5.69 Å². The summed E-state index contributed by atoms with van der Waals surface area (Å²) >= 11 is 0. The fourth-order valence-electron chi connectivity index (χ4n) is 1.85. The van der Waals surface area contributed by atoms with Gasteiger partial charge in [0.1, 0.15) is 9.84 Å². The Kier molecular flexibility index (Phi) is 4.54. The second kappa shape index (κ2) is 5.51. The van der Waals surface area contributed by atoms with E-state index in [0.29, 0.717) is 13.1 Å². The number of nitrogens with two attached hydrogens (primary N) is 1. The summed E-state index contributed by atoms with van der Waals surface area (Å²) in [5.74, 6) is 0.155. The predicted molar refractivity (Wildman–Crippen MR) is 72.1 cm³/mol. The molecule has 0 saturated carbocycles. The normalized spacial score (nSPS) is 11.5. The Balaban J connectivity index is 2.92. The van der Waals surface area contributed by atoms with Crippen molar-refractivity contribution >= 4 is 15.5 Å². The first kappa shape index (κ1) is 14.0. The summed E-state index contributed by atoms with van der Waals surface area (Å²) in [6.07, 6.45) is 1.25. The Morgan fingerprint density at radius 2 is 2.00 bits per heavy atom. The highest BCUT2D eigenvalue weighted by atomic mass is 32.2. The number of nitrogens with zero attached hydrogens (tertiary/aromatic N) is 1. The van der Waals surface area contributed by atoms with E-state index in [-0.39, 0.29) is 5.75 Å². The summed E-state index contributed by atoms with van der Waals surface area (Å²) in [5.41, 5.74) is 8.89. The van der Waals surface area contributed by atoms with Crippen LogP contribution in [0.1, 0.15) is 11.1 Å². The van der Waals surface area contributed by atoms with Crippen LogP contribution in [0.15, 0.2) is 18.2 Å². The average Bonchev–Trinajstić information content (AvgIpc) is 2.24. The number of hydrogen-bond acceptors (Lipinski definition) is 4. The molecule has 0 bridgehead atoms. The van der Waals surface area contributed by atoms with Gasteiger partial charge in [-0.25, -0.2) is 8.42 Å². The monoisotopic (exact) mass is 256 g/mol. The molecule has 0 unspecified atom stereocenters. The van der Waals surface area contributed by atoms with Gasteiger partial charge in [-0.1, -0.05) is 18.2 Å². The third-order valence-electron chi connectivity index (χ3n) is 2.72. The van der Waals surface area contributed by atoms with Crippen LogP contribution < -0.4 is 10.6 Å². The zero-order valence-electron chi connectivity index (χ0n) is 10.6. The quantitative estimate of drug-likeness (QED) is 0.851. The van der Waals surface area contributed by atoms with E-state index in [1.54, 1.807) is 0 Å². The van der Waals surface area contributed by atoms with E-state index in [1.807, 2.05) is 37.1 Å². The lowest BCUT2D eigenvalue weighted by molar-refractivity contribution is 0.601. The molecule has 0 aliphatic carbocycles. The number of para-hydroxylation sites is 1. The molecule has 1 aromatic rings. The lowest BCUT2D eigenvalue weighted by Gasteiger charge is -2.24. The Morgan fingerprint density at radius 3 is 2.53 bits per heavy atom. The molecule has 96 valence electrons. The lowest BCUT2D eigenvalue weighted by Crippen LogP contribution is -2.26. The highest BCUT2D eigenvalue weighted by Gasteiger charge is 2.11. The van der Waals surface area contributed by atoms with Crippen LogP contribution in [-0.2, 0) is 16.4 Å². The Morgan fingerprint density at radius 1 is 1.35 bits per heavy atom. The zero-order valence-corrected chi connectivity index (χ0v) is 11.4. The number of rotatable bonds is 5. The smallest absolute Gasteiger partial charge is 0.149 e. The van der Waals surface area contributed by atoms with Crippen LogP contribution in [0.2, 0.25) is 0 Å². The molecule has 0 amide bonds. The molecule has 1 rings (SSSR count). The maximum Gasteiger partial charge on any atom is 0.149 e. The van der Waals surface area contributed by atoms with Gasteiger partial charge in [-0.3, -0.25) is 0 Å². The minimum absolute atomic E-state index is 0.155. The maximum atomic E-state index is 11.2. The molecule has 2 N–H and O–H groups in total. The molecule has 0 aliphatic heterocycles. The summed E-state index contributed by atoms with van der Waals surface area (Å²) in [6, 6.07) is 5.94. The number of sulfone groups is 1. The van der Waals surface area contributed by atoms with Crippen molar-refractivity contribution in [3.8, 4) is 0 Å². The van der Waals surface area contributed by atoms with Crippen LogP contribution in [0, 0.1) is 6.92 Å². The van der Waals surface area contributed by atoms with Gasteiger partial charge in [0.25, 0.3) is 0 Å². The van der Waals surface area contributed by atoms with Crippen LogP contribution >= 0.6 is 0 Å². The van der Waals surface area contributed by atoms with Crippen molar-refractivity contribution in [2.45, 2.75) is 13.5 Å². The van der Waals surface area contributed by atoms with E-state index >= 15 is 0 Å². The van der Waals surface area contributed by atoms with Gasteiger partial charge in [0.05, 0.1) is 5.75 Å². The van der Waals surface area contributed by atoms with E-state index in [2.05, 4.69) is 0 Å². The number of benzene rings is 1. The predicted octanol–water partition coefficient (Wildman–Crippen LogP) is 0.935. The second-order valence-corrected chi connectivity index (χ2v) is 6.60. The van der Waals surface area contributed by atoms with E-state index in [9.17, 15) is 8.42 Å². The first-order valence-electron chi connectivity index (χ1n) is 5.52. The van der Waals surface area contributed by atoms with Gasteiger partial charge < -0.3 is 10.6 Å². The molecular weight excluding hydrogens is 236 g/mol. The Labute approximate surface area is 103 Å². The molecule has 0 aliphatic rings. The van der Waals surface area contributed by atoms with E-state index in [4.69, 9.17) is 5.73 Å². The van der Waals surface area contributed by atoms with E-state index in [0.717, 1.165) is 16.8 Å². The van der Waals surface area contributed by atoms with Crippen LogP contribution in [0.5, 0.6) is 0 Å². The van der Waals surface area contributed by atoms with Gasteiger partial charge in [-0.2, -0.15) is 0 Å². The van der Waals surface area contributed by atoms with Crippen molar-refractivity contribution in [2.75, 3.05) is 30.5 Å². The van der Waals surface area contributed by atoms with Gasteiger partial charge in [0.15, 0.2) is 0 Å². The van der Waals surface area contributed by atoms with Gasteiger partial charge in [-0.15, -0.1) is 0 Å². The van der Waals surface area contributed by atoms with Gasteiger partial charge in [-0.05, 0) is 18.1 Å². The minimum Gasteiger partial charge on any atom is -0.373 e. The van der Waals surface area contributed by atoms with Crippen molar-refractivity contribution in [1.82, 2.24) is 0 Å². The molecule has 0 spiro atoms. The molecule has 0 saturated heterocycles. The number of anilines is 1. The summed E-state index contributed by atoms with van der Waals surface area (Å²) in [5, 5.41) is 0. The first-order chi connectivity index (χ1) is 7.85. The summed E-state index contributed by atoms with van der Waals surface area (Å²) < 4.78 is 22.3. The number of aryl methyl sites for hydroxylation is 1. The largest absolute Gasteiger partial charge is 0.373 e. The lowest BCUT2D eigenvalue weighted by atomic mass is 10.1. The molecular formula is C12H20N2O2S. The zero-order chi connectivity index (χ0) is 13.1. The molecule has 0 atom stereocenters. The Bertz CT molecular complexity index is 483. The molecule has 0 radical (unpaired) electrons. The SMILES string of the molecule is Cc1cccc(CN)c1N(C)CCS(C)(=O)=O. The highest BCUT2D eigenvalue weighted by Crippen LogP contribution is 2.23. The van der Waals surface area contributed by atoms with E-state index in [1.165, 1.54) is 6.26 Å². The van der Waals surface area contributed by atoms with E-state index < -0.39 is 9.84 Å². The Hall–Kier alpha value is -1.07. The summed E-state index contributed by atoms with van der Waals surface area (Å²) in [7, 11) is -1.04. The van der Waals surface area contributed by atoms with Gasteiger partial charge in [0.2, 0.25) is 0 Å². The highest BCUT2D eigenvalue weighted by molar-refractivity contribution is 7.90. The van der Waals surface area contributed by atoms with Gasteiger partial charge >= 0.3 is 0 Å². The molecule has 1 aromatic carbocycles. The van der Waals surface area contributed by atoms with Crippen molar-refractivity contribution in [3.05, 3.63) is 29.3 Å². The van der Waals surface area contributed by atoms with Crippen LogP contribution in [0.25, 0.3) is 0 Å². The molecule has 0 aromatic heterocycles. The minimum atomic E-state index is -2.93. The molecule has 0 fully saturated rings. The topological polar surface area (TPSA) is 63.4 Å². The third kappa shape index (κ3) is 4.02. The number of hydrogen-bond donors (Lipinski definition) is 1. The van der Waals surface area contributed by atoms with Crippen LogP contribution in [-0.4, -0.2) is 34.0 Å².